The molecule has 2 rings (SSSR count). The maximum Gasteiger partial charge on any atom is 0.261 e. The van der Waals surface area contributed by atoms with Crippen LogP contribution in [0.4, 0.5) is 4.39 Å². The summed E-state index contributed by atoms with van der Waals surface area (Å²) < 4.78 is 41.1. The zero-order chi connectivity index (χ0) is 14.0. The molecule has 0 saturated carbocycles. The number of nitrogens with zero attached hydrogens (tertiary/aromatic N) is 3. The lowest BCUT2D eigenvalue weighted by Gasteiger charge is -2.05. The minimum Gasteiger partial charge on any atom is -0.275 e. The zero-order valence-corrected chi connectivity index (χ0v) is 11.3. The van der Waals surface area contributed by atoms with E-state index in [0.717, 1.165) is 11.6 Å². The molecule has 8 heteroatoms. The molecule has 0 amide bonds. The Kier molecular flexibility index (Phi) is 3.63. The fourth-order valence-corrected chi connectivity index (χ4v) is 2.64. The Labute approximate surface area is 110 Å². The average molecular weight is 284 g/mol. The minimum atomic E-state index is -3.97. The van der Waals surface area contributed by atoms with Crippen LogP contribution in [0.1, 0.15) is 11.3 Å². The summed E-state index contributed by atoms with van der Waals surface area (Å²) in [5, 5.41) is 3.49. The highest BCUT2D eigenvalue weighted by atomic mass is 32.2. The number of aromatic nitrogens is 3. The Balaban J connectivity index is 2.19. The van der Waals surface area contributed by atoms with E-state index >= 15 is 0 Å². The van der Waals surface area contributed by atoms with Crippen LogP contribution < -0.4 is 4.72 Å². The van der Waals surface area contributed by atoms with Crippen molar-refractivity contribution >= 4 is 10.0 Å². The third-order valence-corrected chi connectivity index (χ3v) is 3.88. The summed E-state index contributed by atoms with van der Waals surface area (Å²) in [6.45, 7) is 1.81. The quantitative estimate of drug-likeness (QED) is 0.898. The predicted molar refractivity (Wildman–Crippen MR) is 66.2 cm³/mol. The van der Waals surface area contributed by atoms with E-state index in [1.54, 1.807) is 24.9 Å². The first-order valence-corrected chi connectivity index (χ1v) is 6.98. The van der Waals surface area contributed by atoms with Gasteiger partial charge in [-0.2, -0.15) is 5.10 Å². The SMILES string of the molecule is Cc1nn(C)cc1CNS(=O)(=O)c1ncccc1F. The van der Waals surface area contributed by atoms with E-state index < -0.39 is 20.9 Å². The van der Waals surface area contributed by atoms with Crippen molar-refractivity contribution in [3.05, 3.63) is 41.6 Å². The molecule has 0 saturated heterocycles. The van der Waals surface area contributed by atoms with Crippen LogP contribution in [0.15, 0.2) is 29.6 Å². The van der Waals surface area contributed by atoms with Crippen molar-refractivity contribution in [2.75, 3.05) is 0 Å². The molecule has 0 atom stereocenters. The Morgan fingerprint density at radius 2 is 2.21 bits per heavy atom. The first-order chi connectivity index (χ1) is 8.90. The molecule has 0 aliphatic rings. The van der Waals surface area contributed by atoms with Crippen molar-refractivity contribution < 1.29 is 12.8 Å². The van der Waals surface area contributed by atoms with Crippen molar-refractivity contribution in [2.24, 2.45) is 7.05 Å². The number of aryl methyl sites for hydroxylation is 2. The van der Waals surface area contributed by atoms with E-state index in [4.69, 9.17) is 0 Å². The Morgan fingerprint density at radius 1 is 1.47 bits per heavy atom. The van der Waals surface area contributed by atoms with Gasteiger partial charge in [0.2, 0.25) is 5.03 Å². The number of sulfonamides is 1. The summed E-state index contributed by atoms with van der Waals surface area (Å²) in [5.74, 6) is -0.877. The molecule has 6 nitrogen and oxygen atoms in total. The number of hydrogen-bond acceptors (Lipinski definition) is 4. The second kappa shape index (κ2) is 5.06. The summed E-state index contributed by atoms with van der Waals surface area (Å²) in [6, 6.07) is 2.39. The molecule has 0 aliphatic carbocycles. The van der Waals surface area contributed by atoms with Gasteiger partial charge in [0.15, 0.2) is 5.82 Å². The molecule has 0 fully saturated rings. The molecule has 2 aromatic heterocycles. The molecular formula is C11H13FN4O2S. The van der Waals surface area contributed by atoms with E-state index in [-0.39, 0.29) is 6.54 Å². The Bertz CT molecular complexity index is 696. The second-order valence-corrected chi connectivity index (χ2v) is 5.71. The van der Waals surface area contributed by atoms with Crippen LogP contribution in [0, 0.1) is 12.7 Å². The van der Waals surface area contributed by atoms with E-state index in [1.807, 2.05) is 0 Å². The standard InChI is InChI=1S/C11H13FN4O2S/c1-8-9(7-16(2)15-8)6-14-19(17,18)11-10(12)4-3-5-13-11/h3-5,7,14H,6H2,1-2H3. The molecule has 0 aromatic carbocycles. The topological polar surface area (TPSA) is 76.9 Å². The number of hydrogen-bond donors (Lipinski definition) is 1. The molecule has 0 aliphatic heterocycles. The van der Waals surface area contributed by atoms with Crippen LogP contribution in [0.25, 0.3) is 0 Å². The fourth-order valence-electron chi connectivity index (χ4n) is 1.63. The van der Waals surface area contributed by atoms with Crippen molar-refractivity contribution in [2.45, 2.75) is 18.5 Å². The third kappa shape index (κ3) is 2.96. The van der Waals surface area contributed by atoms with Crippen LogP contribution in [-0.4, -0.2) is 23.2 Å². The lowest BCUT2D eigenvalue weighted by molar-refractivity contribution is 0.544. The van der Waals surface area contributed by atoms with Crippen LogP contribution in [0.5, 0.6) is 0 Å². The lowest BCUT2D eigenvalue weighted by atomic mass is 10.3. The molecule has 0 bridgehead atoms. The average Bonchev–Trinajstić information content (AvgIpc) is 2.66. The van der Waals surface area contributed by atoms with E-state index in [9.17, 15) is 12.8 Å². The monoisotopic (exact) mass is 284 g/mol. The molecule has 102 valence electrons. The van der Waals surface area contributed by atoms with Gasteiger partial charge in [-0.1, -0.05) is 0 Å². The van der Waals surface area contributed by atoms with Gasteiger partial charge in [-0.3, -0.25) is 4.68 Å². The maximum atomic E-state index is 13.4. The molecule has 2 aromatic rings. The molecular weight excluding hydrogens is 271 g/mol. The maximum absolute atomic E-state index is 13.4. The van der Waals surface area contributed by atoms with Gasteiger partial charge in [0.05, 0.1) is 5.69 Å². The summed E-state index contributed by atoms with van der Waals surface area (Å²) in [6.07, 6.45) is 2.93. The number of nitrogens with one attached hydrogen (secondary N) is 1. The van der Waals surface area contributed by atoms with Crippen LogP contribution in [0.2, 0.25) is 0 Å². The molecule has 19 heavy (non-hydrogen) atoms. The molecule has 0 spiro atoms. The lowest BCUT2D eigenvalue weighted by Crippen LogP contribution is -2.25. The molecule has 0 unspecified atom stereocenters. The molecule has 0 radical (unpaired) electrons. The number of rotatable bonds is 4. The predicted octanol–water partition coefficient (Wildman–Crippen LogP) is 0.741. The van der Waals surface area contributed by atoms with Gasteiger partial charge in [0.1, 0.15) is 0 Å². The van der Waals surface area contributed by atoms with E-state index in [2.05, 4.69) is 14.8 Å². The van der Waals surface area contributed by atoms with Gasteiger partial charge in [-0.25, -0.2) is 22.5 Å². The molecule has 2 heterocycles. The summed E-state index contributed by atoms with van der Waals surface area (Å²) >= 11 is 0. The third-order valence-electron chi connectivity index (χ3n) is 2.55. The summed E-state index contributed by atoms with van der Waals surface area (Å²) in [4.78, 5) is 3.54. The highest BCUT2D eigenvalue weighted by molar-refractivity contribution is 7.89. The summed E-state index contributed by atoms with van der Waals surface area (Å²) in [7, 11) is -2.23. The van der Waals surface area contributed by atoms with Gasteiger partial charge in [0.25, 0.3) is 10.0 Å². The van der Waals surface area contributed by atoms with Crippen molar-refractivity contribution in [3.63, 3.8) is 0 Å². The minimum absolute atomic E-state index is 0.0397. The van der Waals surface area contributed by atoms with Gasteiger partial charge < -0.3 is 0 Å². The van der Waals surface area contributed by atoms with Crippen LogP contribution >= 0.6 is 0 Å². The second-order valence-electron chi connectivity index (χ2n) is 4.03. The van der Waals surface area contributed by atoms with Crippen LogP contribution in [-0.2, 0) is 23.6 Å². The van der Waals surface area contributed by atoms with Gasteiger partial charge in [-0.05, 0) is 19.1 Å². The first-order valence-electron chi connectivity index (χ1n) is 5.49. The van der Waals surface area contributed by atoms with Crippen molar-refractivity contribution in [1.82, 2.24) is 19.5 Å². The van der Waals surface area contributed by atoms with Gasteiger partial charge in [0, 0.05) is 31.5 Å². The number of halogens is 1. The summed E-state index contributed by atoms with van der Waals surface area (Å²) in [5.41, 5.74) is 1.44. The van der Waals surface area contributed by atoms with E-state index in [0.29, 0.717) is 5.69 Å². The largest absolute Gasteiger partial charge is 0.275 e. The number of pyridine rings is 1. The molecule has 1 N–H and O–H groups in total. The highest BCUT2D eigenvalue weighted by Gasteiger charge is 2.20. The smallest absolute Gasteiger partial charge is 0.261 e. The Hall–Kier alpha value is -1.80. The van der Waals surface area contributed by atoms with E-state index in [1.165, 1.54) is 12.3 Å². The highest BCUT2D eigenvalue weighted by Crippen LogP contribution is 2.11. The zero-order valence-electron chi connectivity index (χ0n) is 10.5. The van der Waals surface area contributed by atoms with Gasteiger partial charge in [-0.15, -0.1) is 0 Å². The fraction of sp³-hybridized carbons (Fsp3) is 0.273. The van der Waals surface area contributed by atoms with Gasteiger partial charge >= 0.3 is 0 Å². The van der Waals surface area contributed by atoms with Crippen LogP contribution in [0.3, 0.4) is 0 Å². The normalized spacial score (nSPS) is 11.7. The van der Waals surface area contributed by atoms with Crippen molar-refractivity contribution in [1.29, 1.82) is 0 Å². The first kappa shape index (κ1) is 13.6. The van der Waals surface area contributed by atoms with Crippen molar-refractivity contribution in [3.8, 4) is 0 Å². The Morgan fingerprint density at radius 3 is 2.79 bits per heavy atom.